The minimum atomic E-state index is -0.287. The number of hydrogen-bond donors (Lipinski definition) is 2. The highest BCUT2D eigenvalue weighted by molar-refractivity contribution is 6.00. The standard InChI is InChI=1S/C24H29N3O4/c1-17-3-5-20(6-4-17)16-31-24(29)27-13-11-19(12-14-27)15-25-23(28)22-9-7-21(8-10-22)18(2)26-30/h3-10,19,30H,11-16H2,1-2H3,(H,25,28). The van der Waals surface area contributed by atoms with Gasteiger partial charge in [-0.25, -0.2) is 4.79 Å². The number of nitrogens with one attached hydrogen (secondary N) is 1. The molecule has 1 heterocycles. The number of rotatable bonds is 6. The minimum absolute atomic E-state index is 0.134. The number of carbonyl (C=O) groups excluding carboxylic acids is 2. The van der Waals surface area contributed by atoms with Crippen molar-refractivity contribution in [2.45, 2.75) is 33.3 Å². The summed E-state index contributed by atoms with van der Waals surface area (Å²) in [6.45, 7) is 5.82. The summed E-state index contributed by atoms with van der Waals surface area (Å²) in [5, 5.41) is 14.9. The van der Waals surface area contributed by atoms with Gasteiger partial charge in [-0.3, -0.25) is 4.79 Å². The van der Waals surface area contributed by atoms with E-state index in [1.54, 1.807) is 36.1 Å². The van der Waals surface area contributed by atoms with Crippen LogP contribution >= 0.6 is 0 Å². The SMILES string of the molecule is CC(=NO)c1ccc(C(=O)NCC2CCN(C(=O)OCc3ccc(C)cc3)CC2)cc1. The van der Waals surface area contributed by atoms with Gasteiger partial charge in [-0.2, -0.15) is 0 Å². The first-order valence-electron chi connectivity index (χ1n) is 10.5. The molecule has 1 aliphatic heterocycles. The summed E-state index contributed by atoms with van der Waals surface area (Å²) in [5.74, 6) is 0.193. The lowest BCUT2D eigenvalue weighted by Gasteiger charge is -2.31. The monoisotopic (exact) mass is 423 g/mol. The zero-order valence-corrected chi connectivity index (χ0v) is 18.0. The molecule has 7 heteroatoms. The fourth-order valence-electron chi connectivity index (χ4n) is 3.50. The Hall–Kier alpha value is -3.35. The van der Waals surface area contributed by atoms with Gasteiger partial charge in [0, 0.05) is 25.2 Å². The number of aryl methyl sites for hydroxylation is 1. The number of nitrogens with zero attached hydrogens (tertiary/aromatic N) is 2. The molecule has 2 aromatic carbocycles. The van der Waals surface area contributed by atoms with Crippen LogP contribution in [0.3, 0.4) is 0 Å². The third-order valence-corrected chi connectivity index (χ3v) is 5.62. The number of piperidine rings is 1. The van der Waals surface area contributed by atoms with Gasteiger partial charge in [0.2, 0.25) is 0 Å². The van der Waals surface area contributed by atoms with Gasteiger partial charge in [-0.1, -0.05) is 47.1 Å². The average Bonchev–Trinajstić information content (AvgIpc) is 2.82. The maximum atomic E-state index is 12.4. The largest absolute Gasteiger partial charge is 0.445 e. The third kappa shape index (κ3) is 6.31. The number of likely N-dealkylation sites (tertiary alicyclic amines) is 1. The van der Waals surface area contributed by atoms with Crippen molar-refractivity contribution < 1.29 is 19.5 Å². The molecule has 31 heavy (non-hydrogen) atoms. The molecule has 164 valence electrons. The summed E-state index contributed by atoms with van der Waals surface area (Å²) in [6.07, 6.45) is 1.36. The van der Waals surface area contributed by atoms with Crippen LogP contribution in [-0.4, -0.2) is 47.5 Å². The first-order valence-corrected chi connectivity index (χ1v) is 10.5. The van der Waals surface area contributed by atoms with Crippen LogP contribution in [0.25, 0.3) is 0 Å². The molecular formula is C24H29N3O4. The molecule has 1 saturated heterocycles. The van der Waals surface area contributed by atoms with Crippen LogP contribution in [0.1, 0.15) is 46.8 Å². The Morgan fingerprint density at radius 2 is 1.68 bits per heavy atom. The van der Waals surface area contributed by atoms with E-state index in [2.05, 4.69) is 10.5 Å². The van der Waals surface area contributed by atoms with Crippen LogP contribution in [0.5, 0.6) is 0 Å². The summed E-state index contributed by atoms with van der Waals surface area (Å²) >= 11 is 0. The molecular weight excluding hydrogens is 394 g/mol. The molecule has 1 aliphatic rings. The number of ether oxygens (including phenoxy) is 1. The van der Waals surface area contributed by atoms with Gasteiger partial charge in [0.15, 0.2) is 0 Å². The molecule has 1 fully saturated rings. The molecule has 3 rings (SSSR count). The second kappa shape index (κ2) is 10.6. The Bertz CT molecular complexity index is 915. The zero-order valence-electron chi connectivity index (χ0n) is 18.0. The minimum Gasteiger partial charge on any atom is -0.445 e. The smallest absolute Gasteiger partial charge is 0.410 e. The van der Waals surface area contributed by atoms with Crippen molar-refractivity contribution in [2.75, 3.05) is 19.6 Å². The summed E-state index contributed by atoms with van der Waals surface area (Å²) in [6, 6.07) is 14.9. The van der Waals surface area contributed by atoms with E-state index >= 15 is 0 Å². The van der Waals surface area contributed by atoms with Gasteiger partial charge in [0.25, 0.3) is 5.91 Å². The lowest BCUT2D eigenvalue weighted by atomic mass is 9.97. The molecule has 0 spiro atoms. The predicted molar refractivity (Wildman–Crippen MR) is 118 cm³/mol. The van der Waals surface area contributed by atoms with E-state index in [1.165, 1.54) is 5.56 Å². The number of hydrogen-bond acceptors (Lipinski definition) is 5. The van der Waals surface area contributed by atoms with Crippen LogP contribution in [0.4, 0.5) is 4.79 Å². The van der Waals surface area contributed by atoms with Gasteiger partial charge in [0.1, 0.15) is 6.61 Å². The van der Waals surface area contributed by atoms with Crippen LogP contribution in [0.2, 0.25) is 0 Å². The van der Waals surface area contributed by atoms with Gasteiger partial charge < -0.3 is 20.2 Å². The van der Waals surface area contributed by atoms with Crippen molar-refractivity contribution in [3.05, 3.63) is 70.8 Å². The van der Waals surface area contributed by atoms with Gasteiger partial charge in [-0.15, -0.1) is 0 Å². The van der Waals surface area contributed by atoms with E-state index in [4.69, 9.17) is 9.94 Å². The van der Waals surface area contributed by atoms with Crippen LogP contribution in [0, 0.1) is 12.8 Å². The van der Waals surface area contributed by atoms with E-state index in [9.17, 15) is 9.59 Å². The van der Waals surface area contributed by atoms with Gasteiger partial charge >= 0.3 is 6.09 Å². The maximum Gasteiger partial charge on any atom is 0.410 e. The third-order valence-electron chi connectivity index (χ3n) is 5.62. The molecule has 0 saturated carbocycles. The summed E-state index contributed by atoms with van der Waals surface area (Å²) in [5.41, 5.74) is 3.97. The van der Waals surface area contributed by atoms with Crippen LogP contribution in [0.15, 0.2) is 53.7 Å². The first-order chi connectivity index (χ1) is 15.0. The fraction of sp³-hybridized carbons (Fsp3) is 0.375. The zero-order chi connectivity index (χ0) is 22.2. The number of amides is 2. The molecule has 2 N–H and O–H groups in total. The lowest BCUT2D eigenvalue weighted by molar-refractivity contribution is 0.0801. The molecule has 0 radical (unpaired) electrons. The maximum absolute atomic E-state index is 12.4. The molecule has 2 amide bonds. The van der Waals surface area contributed by atoms with Crippen LogP contribution in [-0.2, 0) is 11.3 Å². The Labute approximate surface area is 182 Å². The molecule has 2 aromatic rings. The molecule has 0 aromatic heterocycles. The molecule has 0 unspecified atom stereocenters. The average molecular weight is 424 g/mol. The predicted octanol–water partition coefficient (Wildman–Crippen LogP) is 3.97. The van der Waals surface area contributed by atoms with E-state index in [0.29, 0.717) is 36.8 Å². The van der Waals surface area contributed by atoms with Crippen molar-refractivity contribution in [3.8, 4) is 0 Å². The molecule has 7 nitrogen and oxygen atoms in total. The Morgan fingerprint density at radius 1 is 1.06 bits per heavy atom. The Kier molecular flexibility index (Phi) is 7.65. The summed E-state index contributed by atoms with van der Waals surface area (Å²) < 4.78 is 5.43. The number of benzene rings is 2. The van der Waals surface area contributed by atoms with Crippen molar-refractivity contribution in [1.29, 1.82) is 0 Å². The quantitative estimate of drug-likeness (QED) is 0.418. The fourth-order valence-corrected chi connectivity index (χ4v) is 3.50. The highest BCUT2D eigenvalue weighted by Gasteiger charge is 2.24. The van der Waals surface area contributed by atoms with Crippen LogP contribution < -0.4 is 5.32 Å². The highest BCUT2D eigenvalue weighted by atomic mass is 16.6. The van der Waals surface area contributed by atoms with Gasteiger partial charge in [0.05, 0.1) is 5.71 Å². The molecule has 0 bridgehead atoms. The first kappa shape index (κ1) is 22.3. The van der Waals surface area contributed by atoms with Crippen molar-refractivity contribution in [2.24, 2.45) is 11.1 Å². The Balaban J connectivity index is 1.39. The second-order valence-electron chi connectivity index (χ2n) is 7.94. The van der Waals surface area contributed by atoms with Crippen molar-refractivity contribution in [3.63, 3.8) is 0 Å². The van der Waals surface area contributed by atoms with E-state index in [1.807, 2.05) is 31.2 Å². The second-order valence-corrected chi connectivity index (χ2v) is 7.94. The Morgan fingerprint density at radius 3 is 2.29 bits per heavy atom. The number of oxime groups is 1. The van der Waals surface area contributed by atoms with Crippen molar-refractivity contribution in [1.82, 2.24) is 10.2 Å². The van der Waals surface area contributed by atoms with Gasteiger partial charge in [-0.05, 0) is 55.9 Å². The topological polar surface area (TPSA) is 91.2 Å². The van der Waals surface area contributed by atoms with E-state index < -0.39 is 0 Å². The van der Waals surface area contributed by atoms with E-state index in [0.717, 1.165) is 24.0 Å². The summed E-state index contributed by atoms with van der Waals surface area (Å²) in [4.78, 5) is 26.4. The van der Waals surface area contributed by atoms with E-state index in [-0.39, 0.29) is 18.6 Å². The number of carbonyl (C=O) groups is 2. The summed E-state index contributed by atoms with van der Waals surface area (Å²) in [7, 11) is 0. The molecule has 0 aliphatic carbocycles. The lowest BCUT2D eigenvalue weighted by Crippen LogP contribution is -2.41. The molecule has 0 atom stereocenters. The highest BCUT2D eigenvalue weighted by Crippen LogP contribution is 2.18. The van der Waals surface area contributed by atoms with Crippen molar-refractivity contribution >= 4 is 17.7 Å². The normalized spacial score (nSPS) is 14.9.